The van der Waals surface area contributed by atoms with Crippen LogP contribution in [0.25, 0.3) is 11.4 Å². The maximum absolute atomic E-state index is 11.0. The average molecular weight is 336 g/mol. The summed E-state index contributed by atoms with van der Waals surface area (Å²) in [6.45, 7) is 5.17. The van der Waals surface area contributed by atoms with Gasteiger partial charge < -0.3 is 10.3 Å². The van der Waals surface area contributed by atoms with Crippen LogP contribution in [0, 0.1) is 5.92 Å². The third-order valence-corrected chi connectivity index (χ3v) is 6.06. The van der Waals surface area contributed by atoms with Crippen molar-refractivity contribution in [3.8, 4) is 11.4 Å². The minimum Gasteiger partial charge on any atom is -0.369 e. The molecule has 0 aromatic carbocycles. The van der Waals surface area contributed by atoms with Gasteiger partial charge in [-0.05, 0) is 37.7 Å². The summed E-state index contributed by atoms with van der Waals surface area (Å²) in [5, 5.41) is 11.6. The Bertz CT molecular complexity index is 692. The molecule has 2 aromatic rings. The van der Waals surface area contributed by atoms with Crippen molar-refractivity contribution in [3.05, 3.63) is 15.8 Å². The summed E-state index contributed by atoms with van der Waals surface area (Å²) in [4.78, 5) is 12.5. The van der Waals surface area contributed by atoms with Gasteiger partial charge in [0.15, 0.2) is 11.0 Å². The fraction of sp³-hybridized carbons (Fsp3) is 0.533. The second-order valence-electron chi connectivity index (χ2n) is 5.70. The predicted octanol–water partition coefficient (Wildman–Crippen LogP) is 2.73. The molecule has 0 fully saturated rings. The van der Waals surface area contributed by atoms with E-state index in [0.29, 0.717) is 0 Å². The van der Waals surface area contributed by atoms with E-state index in [1.807, 2.05) is 11.3 Å². The lowest BCUT2D eigenvalue weighted by Crippen LogP contribution is -2.14. The smallest absolute Gasteiger partial charge is 0.227 e. The van der Waals surface area contributed by atoms with Gasteiger partial charge in [0, 0.05) is 22.4 Å². The Hall–Kier alpha value is -1.34. The van der Waals surface area contributed by atoms with Crippen molar-refractivity contribution >= 4 is 29.0 Å². The van der Waals surface area contributed by atoms with Crippen LogP contribution in [-0.2, 0) is 24.2 Å². The number of carbonyl (C=O) groups is 1. The van der Waals surface area contributed by atoms with Gasteiger partial charge in [-0.3, -0.25) is 4.79 Å². The van der Waals surface area contributed by atoms with Crippen LogP contribution < -0.4 is 5.73 Å². The molecule has 5 nitrogen and oxygen atoms in total. The standard InChI is InChI=1S/C15H20N4OS2/c1-3-19-14(17-18-15(19)22-8-13(16)20)11-7-21-12-6-9(2)4-5-10(11)12/h7,9H,3-6,8H2,1-2H3,(H2,16,20). The van der Waals surface area contributed by atoms with Gasteiger partial charge in [-0.25, -0.2) is 0 Å². The van der Waals surface area contributed by atoms with E-state index in [4.69, 9.17) is 5.73 Å². The van der Waals surface area contributed by atoms with Crippen LogP contribution in [0.1, 0.15) is 30.7 Å². The second-order valence-corrected chi connectivity index (χ2v) is 7.61. The van der Waals surface area contributed by atoms with Gasteiger partial charge in [0.05, 0.1) is 5.75 Å². The third kappa shape index (κ3) is 2.92. The van der Waals surface area contributed by atoms with E-state index >= 15 is 0 Å². The molecule has 22 heavy (non-hydrogen) atoms. The molecule has 2 aromatic heterocycles. The fourth-order valence-electron chi connectivity index (χ4n) is 2.88. The van der Waals surface area contributed by atoms with Gasteiger partial charge in [0.1, 0.15) is 0 Å². The summed E-state index contributed by atoms with van der Waals surface area (Å²) in [6, 6.07) is 0. The Morgan fingerprint density at radius 2 is 2.36 bits per heavy atom. The van der Waals surface area contributed by atoms with E-state index in [9.17, 15) is 4.79 Å². The first kappa shape index (κ1) is 15.6. The van der Waals surface area contributed by atoms with Gasteiger partial charge in [0.2, 0.25) is 5.91 Å². The summed E-state index contributed by atoms with van der Waals surface area (Å²) in [6.07, 6.45) is 3.53. The minimum absolute atomic E-state index is 0.234. The number of carbonyl (C=O) groups excluding carboxylic acids is 1. The van der Waals surface area contributed by atoms with E-state index in [1.54, 1.807) is 0 Å². The SMILES string of the molecule is CCn1c(SCC(N)=O)nnc1-c1csc2c1CCC(C)C2. The Morgan fingerprint density at radius 3 is 3.09 bits per heavy atom. The molecule has 0 aliphatic heterocycles. The number of amides is 1. The van der Waals surface area contributed by atoms with Crippen LogP contribution in [0.3, 0.4) is 0 Å². The maximum atomic E-state index is 11.0. The van der Waals surface area contributed by atoms with Crippen LogP contribution in [-0.4, -0.2) is 26.4 Å². The van der Waals surface area contributed by atoms with Crippen LogP contribution >= 0.6 is 23.1 Å². The van der Waals surface area contributed by atoms with E-state index < -0.39 is 0 Å². The van der Waals surface area contributed by atoms with Crippen molar-refractivity contribution in [2.24, 2.45) is 11.7 Å². The number of nitrogens with two attached hydrogens (primary N) is 1. The number of rotatable bonds is 5. The fourth-order valence-corrected chi connectivity index (χ4v) is 4.86. The minimum atomic E-state index is -0.334. The van der Waals surface area contributed by atoms with Gasteiger partial charge in [-0.2, -0.15) is 0 Å². The molecule has 2 N–H and O–H groups in total. The van der Waals surface area contributed by atoms with E-state index in [2.05, 4.69) is 34.0 Å². The van der Waals surface area contributed by atoms with E-state index in [1.165, 1.54) is 40.6 Å². The van der Waals surface area contributed by atoms with E-state index in [-0.39, 0.29) is 11.7 Å². The van der Waals surface area contributed by atoms with Crippen molar-refractivity contribution in [1.82, 2.24) is 14.8 Å². The molecular weight excluding hydrogens is 316 g/mol. The lowest BCUT2D eigenvalue weighted by Gasteiger charge is -2.19. The van der Waals surface area contributed by atoms with Crippen molar-refractivity contribution in [2.45, 2.75) is 44.8 Å². The number of thiophene rings is 1. The molecule has 0 bridgehead atoms. The topological polar surface area (TPSA) is 73.8 Å². The molecule has 1 unspecified atom stereocenters. The number of fused-ring (bicyclic) bond motifs is 1. The molecular formula is C15H20N4OS2. The molecule has 1 aliphatic carbocycles. The lowest BCUT2D eigenvalue weighted by molar-refractivity contribution is -0.115. The van der Waals surface area contributed by atoms with Crippen LogP contribution in [0.2, 0.25) is 0 Å². The number of aromatic nitrogens is 3. The van der Waals surface area contributed by atoms with Crippen molar-refractivity contribution in [1.29, 1.82) is 0 Å². The van der Waals surface area contributed by atoms with Gasteiger partial charge in [-0.15, -0.1) is 21.5 Å². The van der Waals surface area contributed by atoms with Crippen molar-refractivity contribution in [3.63, 3.8) is 0 Å². The molecule has 0 saturated heterocycles. The zero-order valence-electron chi connectivity index (χ0n) is 12.8. The summed E-state index contributed by atoms with van der Waals surface area (Å²) < 4.78 is 2.08. The first-order valence-electron chi connectivity index (χ1n) is 7.54. The maximum Gasteiger partial charge on any atom is 0.227 e. The molecule has 1 amide bonds. The second kappa shape index (κ2) is 6.42. The number of primary amides is 1. The zero-order valence-corrected chi connectivity index (χ0v) is 14.5. The number of thioether (sulfide) groups is 1. The largest absolute Gasteiger partial charge is 0.369 e. The summed E-state index contributed by atoms with van der Waals surface area (Å²) in [7, 11) is 0. The molecule has 0 saturated carbocycles. The highest BCUT2D eigenvalue weighted by atomic mass is 32.2. The Balaban J connectivity index is 1.94. The quantitative estimate of drug-likeness (QED) is 0.852. The average Bonchev–Trinajstić information content (AvgIpc) is 3.07. The lowest BCUT2D eigenvalue weighted by atomic mass is 9.88. The highest BCUT2D eigenvalue weighted by Crippen LogP contribution is 2.38. The number of hydrogen-bond acceptors (Lipinski definition) is 5. The third-order valence-electron chi connectivity index (χ3n) is 4.02. The van der Waals surface area contributed by atoms with Crippen molar-refractivity contribution < 1.29 is 4.79 Å². The molecule has 0 radical (unpaired) electrons. The monoisotopic (exact) mass is 336 g/mol. The Labute approximate surface area is 138 Å². The summed E-state index contributed by atoms with van der Waals surface area (Å²) >= 11 is 3.19. The molecule has 1 atom stereocenters. The van der Waals surface area contributed by atoms with E-state index in [0.717, 1.165) is 29.9 Å². The Kier molecular flexibility index (Phi) is 4.54. The molecule has 118 valence electrons. The predicted molar refractivity (Wildman–Crippen MR) is 90.1 cm³/mol. The van der Waals surface area contributed by atoms with Gasteiger partial charge in [-0.1, -0.05) is 18.7 Å². The summed E-state index contributed by atoms with van der Waals surface area (Å²) in [5.74, 6) is 1.59. The first-order chi connectivity index (χ1) is 10.6. The first-order valence-corrected chi connectivity index (χ1v) is 9.40. The molecule has 3 rings (SSSR count). The van der Waals surface area contributed by atoms with Crippen molar-refractivity contribution in [2.75, 3.05) is 5.75 Å². The highest BCUT2D eigenvalue weighted by Gasteiger charge is 2.24. The number of hydrogen-bond donors (Lipinski definition) is 1. The van der Waals surface area contributed by atoms with Crippen LogP contribution in [0.15, 0.2) is 10.5 Å². The number of nitrogens with zero attached hydrogens (tertiary/aromatic N) is 3. The molecule has 7 heteroatoms. The summed E-state index contributed by atoms with van der Waals surface area (Å²) in [5.41, 5.74) is 7.88. The van der Waals surface area contributed by atoms with Gasteiger partial charge >= 0.3 is 0 Å². The Morgan fingerprint density at radius 1 is 1.55 bits per heavy atom. The van der Waals surface area contributed by atoms with Crippen LogP contribution in [0.4, 0.5) is 0 Å². The van der Waals surface area contributed by atoms with Gasteiger partial charge in [0.25, 0.3) is 0 Å². The molecule has 0 spiro atoms. The highest BCUT2D eigenvalue weighted by molar-refractivity contribution is 7.99. The van der Waals surface area contributed by atoms with Crippen LogP contribution in [0.5, 0.6) is 0 Å². The normalized spacial score (nSPS) is 17.5. The molecule has 2 heterocycles. The zero-order chi connectivity index (χ0) is 15.7. The molecule has 1 aliphatic rings.